The van der Waals surface area contributed by atoms with E-state index in [0.29, 0.717) is 16.9 Å². The summed E-state index contributed by atoms with van der Waals surface area (Å²) in [5, 5.41) is 13.2. The molecule has 0 radical (unpaired) electrons. The average molecular weight is 373 g/mol. The van der Waals surface area contributed by atoms with Crippen LogP contribution in [-0.4, -0.2) is 43.4 Å². The van der Waals surface area contributed by atoms with Crippen molar-refractivity contribution in [1.82, 2.24) is 24.5 Å². The van der Waals surface area contributed by atoms with Crippen molar-refractivity contribution in [3.8, 4) is 17.3 Å². The molecule has 0 saturated heterocycles. The second-order valence-corrected chi connectivity index (χ2v) is 6.47. The predicted molar refractivity (Wildman–Crippen MR) is 96.7 cm³/mol. The first-order valence-corrected chi connectivity index (χ1v) is 8.86. The van der Waals surface area contributed by atoms with Crippen molar-refractivity contribution in [2.45, 2.75) is 11.8 Å². The fraction of sp³-hybridized carbons (Fsp3) is 0.294. The molecule has 0 N–H and O–H groups in total. The number of nitrogens with zero attached hydrogens (tertiary/aromatic N) is 5. The van der Waals surface area contributed by atoms with Gasteiger partial charge in [-0.1, -0.05) is 42.1 Å². The van der Waals surface area contributed by atoms with Gasteiger partial charge in [0.1, 0.15) is 12.2 Å². The molecule has 26 heavy (non-hydrogen) atoms. The van der Waals surface area contributed by atoms with Crippen LogP contribution in [0, 0.1) is 0 Å². The van der Waals surface area contributed by atoms with Crippen LogP contribution in [0.3, 0.4) is 0 Å². The number of aryl methyl sites for hydroxylation is 1. The second-order valence-electron chi connectivity index (χ2n) is 5.53. The lowest BCUT2D eigenvalue weighted by Crippen LogP contribution is -2.08. The minimum atomic E-state index is -0.303. The fourth-order valence-electron chi connectivity index (χ4n) is 2.35. The molecule has 1 aromatic carbocycles. The SMILES string of the molecule is COc1nn(C)cc1-c1nnc(SCC(=O)OCc2ccccc2)n1C. The van der Waals surface area contributed by atoms with Gasteiger partial charge in [0, 0.05) is 20.3 Å². The van der Waals surface area contributed by atoms with E-state index in [1.807, 2.05) is 43.6 Å². The molecule has 2 aromatic heterocycles. The number of carbonyl (C=O) groups excluding carboxylic acids is 1. The molecule has 0 fully saturated rings. The van der Waals surface area contributed by atoms with Crippen molar-refractivity contribution in [2.24, 2.45) is 14.1 Å². The maximum atomic E-state index is 11.9. The summed E-state index contributed by atoms with van der Waals surface area (Å²) in [6.07, 6.45) is 1.81. The molecule has 0 unspecified atom stereocenters. The molecule has 9 heteroatoms. The summed E-state index contributed by atoms with van der Waals surface area (Å²) in [4.78, 5) is 11.9. The number of carbonyl (C=O) groups is 1. The van der Waals surface area contributed by atoms with Gasteiger partial charge >= 0.3 is 5.97 Å². The zero-order valence-electron chi connectivity index (χ0n) is 14.7. The molecular formula is C17H19N5O3S. The Morgan fingerprint density at radius 1 is 1.19 bits per heavy atom. The Labute approximate surface area is 155 Å². The molecule has 136 valence electrons. The molecule has 0 aliphatic rings. The van der Waals surface area contributed by atoms with E-state index in [9.17, 15) is 4.79 Å². The lowest BCUT2D eigenvalue weighted by Gasteiger charge is -2.05. The van der Waals surface area contributed by atoms with Crippen molar-refractivity contribution in [3.05, 3.63) is 42.1 Å². The number of thioether (sulfide) groups is 1. The van der Waals surface area contributed by atoms with Crippen LogP contribution >= 0.6 is 11.8 Å². The summed E-state index contributed by atoms with van der Waals surface area (Å²) in [6.45, 7) is 0.261. The standard InChI is InChI=1S/C17H19N5O3S/c1-21-9-13(16(20-21)24-3)15-18-19-17(22(15)2)26-11-14(23)25-10-12-7-5-4-6-8-12/h4-9H,10-11H2,1-3H3. The number of methoxy groups -OCH3 is 1. The van der Waals surface area contributed by atoms with Gasteiger partial charge in [0.15, 0.2) is 11.0 Å². The minimum Gasteiger partial charge on any atom is -0.479 e. The van der Waals surface area contributed by atoms with Gasteiger partial charge in [0.05, 0.1) is 12.9 Å². The van der Waals surface area contributed by atoms with E-state index < -0.39 is 0 Å². The highest BCUT2D eigenvalue weighted by Crippen LogP contribution is 2.28. The van der Waals surface area contributed by atoms with Crippen LogP contribution < -0.4 is 4.74 Å². The smallest absolute Gasteiger partial charge is 0.316 e. The number of esters is 1. The van der Waals surface area contributed by atoms with Gasteiger partial charge in [-0.15, -0.1) is 15.3 Å². The number of hydrogen-bond donors (Lipinski definition) is 0. The summed E-state index contributed by atoms with van der Waals surface area (Å²) in [7, 11) is 5.20. The van der Waals surface area contributed by atoms with Crippen LogP contribution in [0.1, 0.15) is 5.56 Å². The van der Waals surface area contributed by atoms with Crippen molar-refractivity contribution < 1.29 is 14.3 Å². The largest absolute Gasteiger partial charge is 0.479 e. The van der Waals surface area contributed by atoms with E-state index in [2.05, 4.69) is 15.3 Å². The molecule has 0 atom stereocenters. The van der Waals surface area contributed by atoms with Gasteiger partial charge in [-0.3, -0.25) is 9.48 Å². The van der Waals surface area contributed by atoms with Gasteiger partial charge < -0.3 is 14.0 Å². The molecule has 0 aliphatic heterocycles. The van der Waals surface area contributed by atoms with Gasteiger partial charge in [-0.25, -0.2) is 0 Å². The number of hydrogen-bond acceptors (Lipinski definition) is 7. The maximum Gasteiger partial charge on any atom is 0.316 e. The molecular weight excluding hydrogens is 354 g/mol. The van der Waals surface area contributed by atoms with Crippen LogP contribution in [0.2, 0.25) is 0 Å². The maximum absolute atomic E-state index is 11.9. The highest BCUT2D eigenvalue weighted by atomic mass is 32.2. The Bertz CT molecular complexity index is 891. The molecule has 3 aromatic rings. The van der Waals surface area contributed by atoms with E-state index in [1.165, 1.54) is 11.8 Å². The highest BCUT2D eigenvalue weighted by molar-refractivity contribution is 7.99. The lowest BCUT2D eigenvalue weighted by atomic mass is 10.2. The first-order chi connectivity index (χ1) is 12.6. The molecule has 0 saturated carbocycles. The molecule has 0 aliphatic carbocycles. The van der Waals surface area contributed by atoms with E-state index in [-0.39, 0.29) is 18.3 Å². The number of ether oxygens (including phenoxy) is 2. The van der Waals surface area contributed by atoms with Crippen LogP contribution in [0.15, 0.2) is 41.7 Å². The summed E-state index contributed by atoms with van der Waals surface area (Å²) in [5.41, 5.74) is 1.69. The molecule has 0 bridgehead atoms. The molecule has 8 nitrogen and oxygen atoms in total. The first kappa shape index (κ1) is 18.0. The molecule has 3 rings (SSSR count). The van der Waals surface area contributed by atoms with Gasteiger partial charge in [0.2, 0.25) is 5.88 Å². The van der Waals surface area contributed by atoms with Gasteiger partial charge in [-0.05, 0) is 5.56 Å². The Morgan fingerprint density at radius 3 is 2.69 bits per heavy atom. The van der Waals surface area contributed by atoms with E-state index in [1.54, 1.807) is 23.4 Å². The van der Waals surface area contributed by atoms with Crippen molar-refractivity contribution >= 4 is 17.7 Å². The van der Waals surface area contributed by atoms with Crippen molar-refractivity contribution in [3.63, 3.8) is 0 Å². The van der Waals surface area contributed by atoms with Crippen molar-refractivity contribution in [2.75, 3.05) is 12.9 Å². The van der Waals surface area contributed by atoms with Gasteiger partial charge in [0.25, 0.3) is 0 Å². The highest BCUT2D eigenvalue weighted by Gasteiger charge is 2.19. The van der Waals surface area contributed by atoms with Crippen LogP contribution in [0.5, 0.6) is 5.88 Å². The third-order valence-corrected chi connectivity index (χ3v) is 4.62. The first-order valence-electron chi connectivity index (χ1n) is 7.88. The minimum absolute atomic E-state index is 0.156. The third-order valence-electron chi connectivity index (χ3n) is 3.63. The van der Waals surface area contributed by atoms with Crippen LogP contribution in [-0.2, 0) is 30.2 Å². The zero-order chi connectivity index (χ0) is 18.5. The van der Waals surface area contributed by atoms with E-state index >= 15 is 0 Å². The quantitative estimate of drug-likeness (QED) is 0.463. The fourth-order valence-corrected chi connectivity index (χ4v) is 3.06. The number of benzene rings is 1. The molecule has 0 spiro atoms. The predicted octanol–water partition coefficient (Wildman–Crippen LogP) is 2.06. The Kier molecular flexibility index (Phi) is 5.57. The van der Waals surface area contributed by atoms with Crippen LogP contribution in [0.4, 0.5) is 0 Å². The monoisotopic (exact) mass is 373 g/mol. The Hall–Kier alpha value is -2.81. The summed E-state index contributed by atoms with van der Waals surface area (Å²) in [5.74, 6) is 0.947. The topological polar surface area (TPSA) is 84.1 Å². The Morgan fingerprint density at radius 2 is 1.96 bits per heavy atom. The Balaban J connectivity index is 1.61. The van der Waals surface area contributed by atoms with E-state index in [0.717, 1.165) is 11.1 Å². The number of aromatic nitrogens is 5. The molecule has 0 amide bonds. The zero-order valence-corrected chi connectivity index (χ0v) is 15.6. The average Bonchev–Trinajstić information content (AvgIpc) is 3.21. The third kappa shape index (κ3) is 4.05. The lowest BCUT2D eigenvalue weighted by molar-refractivity contribution is -0.141. The molecule has 2 heterocycles. The van der Waals surface area contributed by atoms with E-state index in [4.69, 9.17) is 9.47 Å². The normalized spacial score (nSPS) is 10.7. The summed E-state index contributed by atoms with van der Waals surface area (Å²) in [6, 6.07) is 9.56. The van der Waals surface area contributed by atoms with Gasteiger partial charge in [-0.2, -0.15) is 0 Å². The van der Waals surface area contributed by atoms with Crippen LogP contribution in [0.25, 0.3) is 11.4 Å². The summed E-state index contributed by atoms with van der Waals surface area (Å²) < 4.78 is 14.0. The second kappa shape index (κ2) is 8.05. The van der Waals surface area contributed by atoms with Crippen molar-refractivity contribution in [1.29, 1.82) is 0 Å². The number of rotatable bonds is 7. The summed E-state index contributed by atoms with van der Waals surface area (Å²) >= 11 is 1.27.